The second-order valence-corrected chi connectivity index (χ2v) is 15.0. The van der Waals surface area contributed by atoms with Gasteiger partial charge in [0.15, 0.2) is 12.1 Å². The Morgan fingerprint density at radius 1 is 0.962 bits per heavy atom. The predicted molar refractivity (Wildman–Crippen MR) is 184 cm³/mol. The van der Waals surface area contributed by atoms with E-state index in [1.807, 2.05) is 0 Å². The van der Waals surface area contributed by atoms with Crippen molar-refractivity contribution in [2.45, 2.75) is 62.9 Å². The van der Waals surface area contributed by atoms with E-state index in [1.54, 1.807) is 81.4 Å². The number of esters is 1. The molecule has 0 aromatic heterocycles. The number of alkyl halides is 3. The predicted octanol–water partition coefficient (Wildman–Crippen LogP) is 5.48. The number of ether oxygens (including phenoxy) is 2. The maximum atomic E-state index is 14.6. The summed E-state index contributed by atoms with van der Waals surface area (Å²) in [6, 6.07) is 20.9. The molecule has 272 valence electrons. The Kier molecular flexibility index (Phi) is 10.2. The van der Waals surface area contributed by atoms with Crippen LogP contribution in [0.15, 0.2) is 107 Å². The number of hydrogen-bond acceptors (Lipinski definition) is 7. The Labute approximate surface area is 301 Å². The molecule has 3 heterocycles. The van der Waals surface area contributed by atoms with Crippen LogP contribution in [0, 0.1) is 0 Å². The normalized spacial score (nSPS) is 21.3. The number of carbonyl (C=O) groups excluding carboxylic acids is 4. The number of carbonyl (C=O) groups is 4. The molecule has 0 unspecified atom stereocenters. The van der Waals surface area contributed by atoms with Gasteiger partial charge in [-0.15, -0.1) is 0 Å². The van der Waals surface area contributed by atoms with E-state index in [2.05, 4.69) is 10.6 Å². The molecule has 2 fully saturated rings. The van der Waals surface area contributed by atoms with Crippen LogP contribution in [-0.2, 0) is 47.6 Å². The zero-order valence-corrected chi connectivity index (χ0v) is 29.3. The molecule has 2 N–H and O–H groups in total. The topological polar surface area (TPSA) is 137 Å². The van der Waals surface area contributed by atoms with E-state index in [9.17, 15) is 36.9 Å². The van der Waals surface area contributed by atoms with Crippen LogP contribution >= 0.6 is 0 Å². The van der Waals surface area contributed by atoms with Crippen molar-refractivity contribution < 1.29 is 46.4 Å². The van der Waals surface area contributed by atoms with Crippen molar-refractivity contribution in [3.63, 3.8) is 0 Å². The third-order valence-electron chi connectivity index (χ3n) is 8.75. The molecule has 52 heavy (non-hydrogen) atoms. The molecular formula is C38H36F3N3O7S. The number of β-lactam (4-membered cyclic amide) rings is 1. The van der Waals surface area contributed by atoms with E-state index in [0.717, 1.165) is 17.0 Å². The third-order valence-corrected chi connectivity index (χ3v) is 10.3. The molecule has 3 aromatic carbocycles. The van der Waals surface area contributed by atoms with Gasteiger partial charge in [0.2, 0.25) is 11.3 Å². The Hall–Kier alpha value is -5.08. The van der Waals surface area contributed by atoms with Crippen molar-refractivity contribution in [3.05, 3.63) is 130 Å². The molecule has 3 aliphatic heterocycles. The van der Waals surface area contributed by atoms with E-state index in [-0.39, 0.29) is 47.6 Å². The lowest BCUT2D eigenvalue weighted by Gasteiger charge is -2.49. The van der Waals surface area contributed by atoms with Gasteiger partial charge in [0, 0.05) is 17.7 Å². The molecule has 0 spiro atoms. The number of hydrogen-bond donors (Lipinski definition) is 2. The maximum absolute atomic E-state index is 14.6. The Morgan fingerprint density at radius 2 is 1.56 bits per heavy atom. The van der Waals surface area contributed by atoms with Crippen LogP contribution in [0.3, 0.4) is 0 Å². The van der Waals surface area contributed by atoms with Gasteiger partial charge in [-0.05, 0) is 79.2 Å². The quantitative estimate of drug-likeness (QED) is 0.135. The fourth-order valence-corrected chi connectivity index (χ4v) is 8.10. The minimum Gasteiger partial charge on any atom is -0.614 e. The number of amides is 3. The zero-order chi connectivity index (χ0) is 37.4. The van der Waals surface area contributed by atoms with Gasteiger partial charge in [0.25, 0.3) is 5.91 Å². The first-order chi connectivity index (χ1) is 24.6. The fourth-order valence-electron chi connectivity index (χ4n) is 6.40. The van der Waals surface area contributed by atoms with E-state index in [0.29, 0.717) is 16.7 Å². The van der Waals surface area contributed by atoms with Gasteiger partial charge >= 0.3 is 18.2 Å². The van der Waals surface area contributed by atoms with Crippen LogP contribution in [0.1, 0.15) is 55.5 Å². The Bertz CT molecular complexity index is 1890. The molecule has 3 amide bonds. The van der Waals surface area contributed by atoms with Crippen LogP contribution in [-0.4, -0.2) is 62.6 Å². The van der Waals surface area contributed by atoms with E-state index in [1.165, 1.54) is 12.1 Å². The standard InChI is InChI=1S/C38H36F3N3O7S/c1-37(2,3)51-36(48)43-29-33(46)44-30(35(47)50-31(23-10-6-4-7-11-23)24-12-8-5-9-13-24)28(21-52(49)34(29)44)27(26-18-19-42-32(26)45)20-22-14-16-25(17-15-22)38(39,40)41/h4-17,29,31,34H,18-21H2,1-3H3,(H,42,45)(H,43,48)/t29-,34-,52+/m1/s1. The van der Waals surface area contributed by atoms with Crippen LogP contribution in [0.25, 0.3) is 0 Å². The summed E-state index contributed by atoms with van der Waals surface area (Å²) in [5.74, 6) is -2.48. The summed E-state index contributed by atoms with van der Waals surface area (Å²) in [5, 5.41) is 4.03. The highest BCUT2D eigenvalue weighted by molar-refractivity contribution is 7.92. The highest BCUT2D eigenvalue weighted by Gasteiger charge is 2.62. The van der Waals surface area contributed by atoms with Crippen molar-refractivity contribution >= 4 is 35.1 Å². The van der Waals surface area contributed by atoms with E-state index in [4.69, 9.17) is 9.47 Å². The lowest BCUT2D eigenvalue weighted by atomic mass is 9.90. The first kappa shape index (κ1) is 36.7. The lowest BCUT2D eigenvalue weighted by molar-refractivity contribution is -0.154. The van der Waals surface area contributed by atoms with Gasteiger partial charge in [-0.1, -0.05) is 72.8 Å². The number of fused-ring (bicyclic) bond motifs is 1. The SMILES string of the molecule is CC(C)(C)OC(=O)N[C@@H]1C(=O)N2C(C(=O)OC(c3ccccc3)c3ccccc3)=C(C(Cc3ccc(C(F)(F)F)cc3)=C3CCNC3=O)C[S@+]([O-])[C@H]12. The molecule has 0 saturated carbocycles. The van der Waals surface area contributed by atoms with E-state index >= 15 is 0 Å². The maximum Gasteiger partial charge on any atom is 0.416 e. The number of nitrogens with zero attached hydrogens (tertiary/aromatic N) is 1. The second-order valence-electron chi connectivity index (χ2n) is 13.5. The first-order valence-electron chi connectivity index (χ1n) is 16.5. The summed E-state index contributed by atoms with van der Waals surface area (Å²) in [5.41, 5.74) is 0.200. The van der Waals surface area contributed by atoms with Gasteiger partial charge in [-0.25, -0.2) is 9.59 Å². The summed E-state index contributed by atoms with van der Waals surface area (Å²) in [7, 11) is 0. The van der Waals surface area contributed by atoms with Crippen LogP contribution < -0.4 is 10.6 Å². The third kappa shape index (κ3) is 7.72. The summed E-state index contributed by atoms with van der Waals surface area (Å²) < 4.78 is 65.7. The number of alkyl carbamates (subject to hydrolysis) is 1. The van der Waals surface area contributed by atoms with Crippen molar-refractivity contribution in [1.82, 2.24) is 15.5 Å². The number of allylic oxidation sites excluding steroid dienone is 1. The van der Waals surface area contributed by atoms with Gasteiger partial charge in [0.05, 0.1) is 5.56 Å². The number of rotatable bonds is 8. The Morgan fingerprint density at radius 3 is 2.08 bits per heavy atom. The van der Waals surface area contributed by atoms with Crippen molar-refractivity contribution in [1.29, 1.82) is 0 Å². The number of benzene rings is 3. The minimum atomic E-state index is -4.57. The molecule has 3 aromatic rings. The largest absolute Gasteiger partial charge is 0.614 e. The van der Waals surface area contributed by atoms with Gasteiger partial charge < -0.3 is 24.7 Å². The Balaban J connectivity index is 1.46. The smallest absolute Gasteiger partial charge is 0.416 e. The summed E-state index contributed by atoms with van der Waals surface area (Å²) >= 11 is -1.92. The molecule has 14 heteroatoms. The first-order valence-corrected chi connectivity index (χ1v) is 17.9. The average Bonchev–Trinajstić information content (AvgIpc) is 3.53. The zero-order valence-electron chi connectivity index (χ0n) is 28.5. The molecule has 0 bridgehead atoms. The van der Waals surface area contributed by atoms with E-state index < -0.39 is 69.9 Å². The van der Waals surface area contributed by atoms with Gasteiger partial charge in [-0.3, -0.25) is 14.5 Å². The van der Waals surface area contributed by atoms with Gasteiger partial charge in [-0.2, -0.15) is 13.2 Å². The monoisotopic (exact) mass is 735 g/mol. The second kappa shape index (κ2) is 14.5. The van der Waals surface area contributed by atoms with Crippen LogP contribution in [0.5, 0.6) is 0 Å². The molecule has 3 aliphatic rings. The highest BCUT2D eigenvalue weighted by atomic mass is 32.2. The van der Waals surface area contributed by atoms with Crippen molar-refractivity contribution in [2.24, 2.45) is 0 Å². The molecule has 0 aliphatic carbocycles. The van der Waals surface area contributed by atoms with Crippen LogP contribution in [0.4, 0.5) is 18.0 Å². The summed E-state index contributed by atoms with van der Waals surface area (Å²) in [4.78, 5) is 55.4. The van der Waals surface area contributed by atoms with Crippen molar-refractivity contribution in [3.8, 4) is 0 Å². The molecule has 2 saturated heterocycles. The molecule has 0 radical (unpaired) electrons. The summed E-state index contributed by atoms with van der Waals surface area (Å²) in [6.07, 6.45) is -6.33. The minimum absolute atomic E-state index is 0.0930. The summed E-state index contributed by atoms with van der Waals surface area (Å²) in [6.45, 7) is 5.19. The van der Waals surface area contributed by atoms with Crippen LogP contribution in [0.2, 0.25) is 0 Å². The molecule has 10 nitrogen and oxygen atoms in total. The average molecular weight is 736 g/mol. The van der Waals surface area contributed by atoms with Gasteiger partial charge in [0.1, 0.15) is 17.1 Å². The lowest BCUT2D eigenvalue weighted by Crippen LogP contribution is -2.75. The fraction of sp³-hybridized carbons (Fsp3) is 0.316. The van der Waals surface area contributed by atoms with Crippen molar-refractivity contribution in [2.75, 3.05) is 12.3 Å². The number of nitrogens with one attached hydrogen (secondary N) is 2. The number of halogens is 3. The highest BCUT2D eigenvalue weighted by Crippen LogP contribution is 2.42. The molecular weight excluding hydrogens is 699 g/mol. The molecule has 3 atom stereocenters. The molecule has 6 rings (SSSR count).